The number of morpholine rings is 1. The maximum atomic E-state index is 10.6. The average Bonchev–Trinajstić information content (AvgIpc) is 3.05. The molecule has 1 aromatic heterocycles. The van der Waals surface area contributed by atoms with Crippen molar-refractivity contribution in [2.45, 2.75) is 19.1 Å². The van der Waals surface area contributed by atoms with Gasteiger partial charge < -0.3 is 15.2 Å². The molecule has 0 aliphatic carbocycles. The van der Waals surface area contributed by atoms with Crippen LogP contribution in [0.3, 0.4) is 0 Å². The predicted molar refractivity (Wildman–Crippen MR) is 93.6 cm³/mol. The molecule has 0 radical (unpaired) electrons. The fourth-order valence-electron chi connectivity index (χ4n) is 2.97. The quantitative estimate of drug-likeness (QED) is 0.712. The van der Waals surface area contributed by atoms with Crippen LogP contribution in [0.25, 0.3) is 11.3 Å². The van der Waals surface area contributed by atoms with Crippen LogP contribution in [0.4, 0.5) is 0 Å². The fraction of sp³-hybridized carbons (Fsp3) is 0.500. The number of hydrogen-bond donors (Lipinski definition) is 3. The summed E-state index contributed by atoms with van der Waals surface area (Å²) >= 11 is 0. The number of aromatic amines is 1. The summed E-state index contributed by atoms with van der Waals surface area (Å²) < 4.78 is 5.34. The summed E-state index contributed by atoms with van der Waals surface area (Å²) in [7, 11) is 0. The summed E-state index contributed by atoms with van der Waals surface area (Å²) in [5.41, 5.74) is 2.28. The fourth-order valence-corrected chi connectivity index (χ4v) is 2.97. The van der Waals surface area contributed by atoms with Gasteiger partial charge in [0.2, 0.25) is 0 Å². The molecule has 1 aliphatic rings. The monoisotopic (exact) mass is 330 g/mol. The second-order valence-electron chi connectivity index (χ2n) is 6.63. The first-order chi connectivity index (χ1) is 11.6. The molecule has 1 unspecified atom stereocenters. The van der Waals surface area contributed by atoms with Gasteiger partial charge in [-0.1, -0.05) is 30.3 Å². The van der Waals surface area contributed by atoms with E-state index in [2.05, 4.69) is 20.4 Å². The van der Waals surface area contributed by atoms with Crippen LogP contribution in [-0.4, -0.2) is 65.2 Å². The Morgan fingerprint density at radius 1 is 1.29 bits per heavy atom. The Hall–Kier alpha value is -1.73. The molecule has 0 spiro atoms. The average molecular weight is 330 g/mol. The third kappa shape index (κ3) is 4.88. The van der Waals surface area contributed by atoms with E-state index in [-0.39, 0.29) is 0 Å². The number of benzene rings is 1. The summed E-state index contributed by atoms with van der Waals surface area (Å²) in [6, 6.07) is 12.1. The largest absolute Gasteiger partial charge is 0.388 e. The summed E-state index contributed by atoms with van der Waals surface area (Å²) in [6.07, 6.45) is 0. The molecule has 1 saturated heterocycles. The van der Waals surface area contributed by atoms with E-state index in [0.717, 1.165) is 43.3 Å². The highest BCUT2D eigenvalue weighted by Crippen LogP contribution is 2.16. The maximum absolute atomic E-state index is 10.6. The van der Waals surface area contributed by atoms with E-state index < -0.39 is 5.60 Å². The molecule has 3 N–H and O–H groups in total. The molecule has 1 aromatic carbocycles. The maximum Gasteiger partial charge on any atom is 0.0924 e. The number of hydrogen-bond acceptors (Lipinski definition) is 5. The van der Waals surface area contributed by atoms with E-state index in [0.29, 0.717) is 19.6 Å². The number of ether oxygens (including phenoxy) is 1. The van der Waals surface area contributed by atoms with Gasteiger partial charge in [-0.2, -0.15) is 5.10 Å². The molecular weight excluding hydrogens is 304 g/mol. The highest BCUT2D eigenvalue weighted by molar-refractivity contribution is 5.58. The Kier molecular flexibility index (Phi) is 5.63. The molecule has 1 atom stereocenters. The first-order valence-corrected chi connectivity index (χ1v) is 8.45. The van der Waals surface area contributed by atoms with Crippen LogP contribution < -0.4 is 5.32 Å². The molecule has 3 rings (SSSR count). The van der Waals surface area contributed by atoms with Gasteiger partial charge in [0.1, 0.15) is 0 Å². The third-order valence-corrected chi connectivity index (χ3v) is 4.19. The Morgan fingerprint density at radius 3 is 2.79 bits per heavy atom. The van der Waals surface area contributed by atoms with Crippen molar-refractivity contribution < 1.29 is 9.84 Å². The Labute approximate surface area is 142 Å². The summed E-state index contributed by atoms with van der Waals surface area (Å²) in [6.45, 7) is 6.98. The first-order valence-electron chi connectivity index (χ1n) is 8.45. The van der Waals surface area contributed by atoms with Crippen molar-refractivity contribution in [2.24, 2.45) is 0 Å². The van der Waals surface area contributed by atoms with Crippen LogP contribution >= 0.6 is 0 Å². The van der Waals surface area contributed by atoms with Crippen LogP contribution in [0.15, 0.2) is 36.4 Å². The van der Waals surface area contributed by atoms with Crippen molar-refractivity contribution >= 4 is 0 Å². The van der Waals surface area contributed by atoms with E-state index in [9.17, 15) is 5.11 Å². The van der Waals surface area contributed by atoms with Gasteiger partial charge in [-0.3, -0.25) is 10.00 Å². The highest BCUT2D eigenvalue weighted by atomic mass is 16.5. The molecule has 0 bridgehead atoms. The molecule has 0 saturated carbocycles. The summed E-state index contributed by atoms with van der Waals surface area (Å²) in [4.78, 5) is 2.24. The van der Waals surface area contributed by atoms with Crippen LogP contribution in [0, 0.1) is 0 Å². The minimum Gasteiger partial charge on any atom is -0.388 e. The molecule has 24 heavy (non-hydrogen) atoms. The van der Waals surface area contributed by atoms with Crippen LogP contribution in [0.1, 0.15) is 12.6 Å². The smallest absolute Gasteiger partial charge is 0.0924 e. The van der Waals surface area contributed by atoms with Gasteiger partial charge in [0.25, 0.3) is 0 Å². The third-order valence-electron chi connectivity index (χ3n) is 4.19. The standard InChI is InChI=1S/C18H26N4O2/c1-18(23,14-22-7-9-24-10-8-22)13-19-12-16-11-17(21-20-16)15-5-3-2-4-6-15/h2-6,11,19,23H,7-10,12-14H2,1H3,(H,20,21). The van der Waals surface area contributed by atoms with Gasteiger partial charge >= 0.3 is 0 Å². The summed E-state index contributed by atoms with van der Waals surface area (Å²) in [5, 5.41) is 21.3. The SMILES string of the molecule is CC(O)(CNCc1cc(-c2ccccc2)n[nH]1)CN1CCOCC1. The lowest BCUT2D eigenvalue weighted by molar-refractivity contribution is -0.0219. The first kappa shape index (κ1) is 17.1. The molecule has 130 valence electrons. The summed E-state index contributed by atoms with van der Waals surface area (Å²) in [5.74, 6) is 0. The zero-order chi connectivity index (χ0) is 16.8. The van der Waals surface area contributed by atoms with Gasteiger partial charge in [-0.15, -0.1) is 0 Å². The molecule has 1 fully saturated rings. The number of nitrogens with zero attached hydrogens (tertiary/aromatic N) is 2. The minimum atomic E-state index is -0.764. The number of rotatable bonds is 7. The van der Waals surface area contributed by atoms with Gasteiger partial charge in [-0.05, 0) is 13.0 Å². The Morgan fingerprint density at radius 2 is 2.04 bits per heavy atom. The number of H-pyrrole nitrogens is 1. The minimum absolute atomic E-state index is 0.532. The van der Waals surface area contributed by atoms with Gasteiger partial charge in [0.05, 0.1) is 24.5 Å². The van der Waals surface area contributed by atoms with Crippen LogP contribution in [-0.2, 0) is 11.3 Å². The lowest BCUT2D eigenvalue weighted by Crippen LogP contribution is -2.50. The number of aromatic nitrogens is 2. The van der Waals surface area contributed by atoms with E-state index in [1.54, 1.807) is 0 Å². The lowest BCUT2D eigenvalue weighted by Gasteiger charge is -2.33. The van der Waals surface area contributed by atoms with Crippen molar-refractivity contribution in [3.63, 3.8) is 0 Å². The molecule has 6 heteroatoms. The second kappa shape index (κ2) is 7.90. The normalized spacial score (nSPS) is 18.4. The molecular formula is C18H26N4O2. The topological polar surface area (TPSA) is 73.4 Å². The zero-order valence-electron chi connectivity index (χ0n) is 14.2. The number of nitrogens with one attached hydrogen (secondary N) is 2. The van der Waals surface area contributed by atoms with E-state index in [1.807, 2.05) is 43.3 Å². The number of aliphatic hydroxyl groups is 1. The van der Waals surface area contributed by atoms with Crippen LogP contribution in [0.2, 0.25) is 0 Å². The van der Waals surface area contributed by atoms with Gasteiger partial charge in [0.15, 0.2) is 0 Å². The van der Waals surface area contributed by atoms with Crippen molar-refractivity contribution in [3.8, 4) is 11.3 Å². The zero-order valence-corrected chi connectivity index (χ0v) is 14.2. The lowest BCUT2D eigenvalue weighted by atomic mass is 10.1. The van der Waals surface area contributed by atoms with E-state index in [1.165, 1.54) is 0 Å². The predicted octanol–water partition coefficient (Wildman–Crippen LogP) is 1.25. The van der Waals surface area contributed by atoms with Crippen molar-refractivity contribution in [3.05, 3.63) is 42.1 Å². The van der Waals surface area contributed by atoms with Gasteiger partial charge in [0, 0.05) is 44.0 Å². The molecule has 2 aromatic rings. The Balaban J connectivity index is 1.46. The van der Waals surface area contributed by atoms with Crippen molar-refractivity contribution in [1.82, 2.24) is 20.4 Å². The van der Waals surface area contributed by atoms with E-state index >= 15 is 0 Å². The number of β-amino-alcohol motifs (C(OH)–C–C–N with tert-alkyl or cyclic N) is 1. The second-order valence-corrected chi connectivity index (χ2v) is 6.63. The van der Waals surface area contributed by atoms with Crippen molar-refractivity contribution in [1.29, 1.82) is 0 Å². The molecule has 6 nitrogen and oxygen atoms in total. The Bertz CT molecular complexity index is 621. The van der Waals surface area contributed by atoms with Crippen molar-refractivity contribution in [2.75, 3.05) is 39.4 Å². The molecule has 0 amide bonds. The molecule has 1 aliphatic heterocycles. The van der Waals surface area contributed by atoms with E-state index in [4.69, 9.17) is 4.74 Å². The van der Waals surface area contributed by atoms with Gasteiger partial charge in [-0.25, -0.2) is 0 Å². The van der Waals surface area contributed by atoms with Crippen LogP contribution in [0.5, 0.6) is 0 Å². The highest BCUT2D eigenvalue weighted by Gasteiger charge is 2.24. The molecule has 2 heterocycles.